The summed E-state index contributed by atoms with van der Waals surface area (Å²) in [6.45, 7) is 1.80. The molecular weight excluding hydrogens is 335 g/mol. The monoisotopic (exact) mass is 348 g/mol. The number of benzene rings is 2. The number of ether oxygens (including phenoxy) is 1. The average Bonchev–Trinajstić information content (AvgIpc) is 2.45. The van der Waals surface area contributed by atoms with Crippen molar-refractivity contribution in [2.75, 3.05) is 0 Å². The molecule has 0 aliphatic heterocycles. The summed E-state index contributed by atoms with van der Waals surface area (Å²) in [6.07, 6.45) is -0.482. The summed E-state index contributed by atoms with van der Waals surface area (Å²) >= 11 is 3.39. The van der Waals surface area contributed by atoms with E-state index in [1.54, 1.807) is 6.92 Å². The predicted octanol–water partition coefficient (Wildman–Crippen LogP) is 3.93. The number of halogens is 2. The molecule has 0 saturated carbocycles. The van der Waals surface area contributed by atoms with E-state index in [0.717, 1.165) is 16.1 Å². The number of nitrogens with zero attached hydrogens (tertiary/aromatic N) is 1. The van der Waals surface area contributed by atoms with Crippen LogP contribution in [-0.2, 0) is 0 Å². The number of nitriles is 1. The van der Waals surface area contributed by atoms with Gasteiger partial charge in [-0.2, -0.15) is 5.26 Å². The van der Waals surface area contributed by atoms with Gasteiger partial charge in [-0.1, -0.05) is 28.1 Å². The zero-order chi connectivity index (χ0) is 15.4. The topological polar surface area (TPSA) is 59.0 Å². The second-order valence-electron chi connectivity index (χ2n) is 4.71. The van der Waals surface area contributed by atoms with Crippen LogP contribution in [-0.4, -0.2) is 6.04 Å². The Balaban J connectivity index is 2.31. The Bertz CT molecular complexity index is 682. The van der Waals surface area contributed by atoms with Gasteiger partial charge in [-0.05, 0) is 42.8 Å². The van der Waals surface area contributed by atoms with E-state index in [0.29, 0.717) is 0 Å². The van der Waals surface area contributed by atoms with Gasteiger partial charge in [-0.25, -0.2) is 4.39 Å². The molecule has 0 aromatic heterocycles. The van der Waals surface area contributed by atoms with Crippen molar-refractivity contribution >= 4 is 15.9 Å². The second kappa shape index (κ2) is 6.70. The van der Waals surface area contributed by atoms with Crippen molar-refractivity contribution in [2.24, 2.45) is 5.73 Å². The fourth-order valence-corrected chi connectivity index (χ4v) is 2.38. The van der Waals surface area contributed by atoms with Crippen LogP contribution in [0.2, 0.25) is 0 Å². The largest absolute Gasteiger partial charge is 0.481 e. The van der Waals surface area contributed by atoms with Crippen LogP contribution in [0.25, 0.3) is 0 Å². The molecule has 0 amide bonds. The highest BCUT2D eigenvalue weighted by Gasteiger charge is 2.20. The Morgan fingerprint density at radius 2 is 2.05 bits per heavy atom. The summed E-state index contributed by atoms with van der Waals surface area (Å²) in [4.78, 5) is 0. The lowest BCUT2D eigenvalue weighted by Crippen LogP contribution is -2.29. The number of rotatable bonds is 4. The van der Waals surface area contributed by atoms with E-state index in [2.05, 4.69) is 15.9 Å². The molecule has 108 valence electrons. The minimum Gasteiger partial charge on any atom is -0.481 e. The second-order valence-corrected chi connectivity index (χ2v) is 5.63. The number of hydrogen-bond acceptors (Lipinski definition) is 3. The average molecular weight is 349 g/mol. The van der Waals surface area contributed by atoms with Crippen molar-refractivity contribution in [3.05, 3.63) is 63.9 Å². The standard InChI is InChI=1S/C16H14BrFN2O/c1-10(20)16(12-3-2-4-13(17)8-12)21-15-6-5-11(9-19)7-14(15)18/h2-8,10,16H,20H2,1H3. The molecule has 0 bridgehead atoms. The van der Waals surface area contributed by atoms with Gasteiger partial charge in [0.15, 0.2) is 11.6 Å². The Morgan fingerprint density at radius 1 is 1.29 bits per heavy atom. The lowest BCUT2D eigenvalue weighted by molar-refractivity contribution is 0.172. The Kier molecular flexibility index (Phi) is 4.94. The summed E-state index contributed by atoms with van der Waals surface area (Å²) in [5.41, 5.74) is 7.06. The molecule has 0 saturated heterocycles. The summed E-state index contributed by atoms with van der Waals surface area (Å²) in [7, 11) is 0. The quantitative estimate of drug-likeness (QED) is 0.910. The number of nitrogens with two attached hydrogens (primary N) is 1. The molecule has 2 atom stereocenters. The third-order valence-electron chi connectivity index (χ3n) is 2.97. The first-order chi connectivity index (χ1) is 10.0. The highest BCUT2D eigenvalue weighted by molar-refractivity contribution is 9.10. The maximum atomic E-state index is 13.9. The summed E-state index contributed by atoms with van der Waals surface area (Å²) in [6, 6.07) is 13.2. The number of hydrogen-bond donors (Lipinski definition) is 1. The third kappa shape index (κ3) is 3.81. The molecule has 2 N–H and O–H groups in total. The Morgan fingerprint density at radius 3 is 2.62 bits per heavy atom. The van der Waals surface area contributed by atoms with E-state index < -0.39 is 11.9 Å². The van der Waals surface area contributed by atoms with Crippen LogP contribution in [0, 0.1) is 17.1 Å². The fraction of sp³-hybridized carbons (Fsp3) is 0.188. The molecule has 0 radical (unpaired) electrons. The van der Waals surface area contributed by atoms with Crippen molar-refractivity contribution < 1.29 is 9.13 Å². The molecular formula is C16H14BrFN2O. The maximum absolute atomic E-state index is 13.9. The normalized spacial score (nSPS) is 13.3. The minimum absolute atomic E-state index is 0.0799. The van der Waals surface area contributed by atoms with Gasteiger partial charge in [0.2, 0.25) is 0 Å². The molecule has 0 fully saturated rings. The van der Waals surface area contributed by atoms with Crippen molar-refractivity contribution in [1.82, 2.24) is 0 Å². The molecule has 5 heteroatoms. The van der Waals surface area contributed by atoms with Crippen LogP contribution in [0.5, 0.6) is 5.75 Å². The molecule has 3 nitrogen and oxygen atoms in total. The van der Waals surface area contributed by atoms with Crippen LogP contribution in [0.3, 0.4) is 0 Å². The molecule has 0 heterocycles. The van der Waals surface area contributed by atoms with E-state index in [-0.39, 0.29) is 17.4 Å². The van der Waals surface area contributed by atoms with E-state index >= 15 is 0 Å². The van der Waals surface area contributed by atoms with Crippen molar-refractivity contribution in [3.63, 3.8) is 0 Å². The van der Waals surface area contributed by atoms with Crippen LogP contribution in [0.15, 0.2) is 46.9 Å². The molecule has 2 rings (SSSR count). The molecule has 2 aromatic rings. The van der Waals surface area contributed by atoms with Gasteiger partial charge in [0.25, 0.3) is 0 Å². The maximum Gasteiger partial charge on any atom is 0.166 e. The summed E-state index contributed by atoms with van der Waals surface area (Å²) in [5, 5.41) is 8.75. The van der Waals surface area contributed by atoms with Gasteiger partial charge in [-0.15, -0.1) is 0 Å². The van der Waals surface area contributed by atoms with E-state index in [9.17, 15) is 4.39 Å². The molecule has 2 unspecified atom stereocenters. The molecule has 2 aromatic carbocycles. The first-order valence-corrected chi connectivity index (χ1v) is 7.18. The van der Waals surface area contributed by atoms with Crippen LogP contribution < -0.4 is 10.5 Å². The van der Waals surface area contributed by atoms with Crippen molar-refractivity contribution in [3.8, 4) is 11.8 Å². The van der Waals surface area contributed by atoms with Gasteiger partial charge in [0, 0.05) is 10.5 Å². The zero-order valence-corrected chi connectivity index (χ0v) is 13.0. The Hall–Kier alpha value is -1.90. The van der Waals surface area contributed by atoms with Gasteiger partial charge in [0.1, 0.15) is 6.10 Å². The highest BCUT2D eigenvalue weighted by Crippen LogP contribution is 2.28. The third-order valence-corrected chi connectivity index (χ3v) is 3.46. The lowest BCUT2D eigenvalue weighted by atomic mass is 10.0. The summed E-state index contributed by atoms with van der Waals surface area (Å²) in [5.74, 6) is -0.494. The van der Waals surface area contributed by atoms with Gasteiger partial charge >= 0.3 is 0 Å². The van der Waals surface area contributed by atoms with Crippen LogP contribution in [0.1, 0.15) is 24.2 Å². The zero-order valence-electron chi connectivity index (χ0n) is 11.4. The molecule has 0 spiro atoms. The van der Waals surface area contributed by atoms with Gasteiger partial charge in [-0.3, -0.25) is 0 Å². The first kappa shape index (κ1) is 15.5. The smallest absolute Gasteiger partial charge is 0.166 e. The minimum atomic E-state index is -0.574. The summed E-state index contributed by atoms with van der Waals surface area (Å²) < 4.78 is 20.5. The van der Waals surface area contributed by atoms with E-state index in [4.69, 9.17) is 15.7 Å². The van der Waals surface area contributed by atoms with Gasteiger partial charge < -0.3 is 10.5 Å². The fourth-order valence-electron chi connectivity index (χ4n) is 1.97. The molecule has 21 heavy (non-hydrogen) atoms. The van der Waals surface area contributed by atoms with Crippen LogP contribution in [0.4, 0.5) is 4.39 Å². The molecule has 0 aliphatic carbocycles. The predicted molar refractivity (Wildman–Crippen MR) is 82.3 cm³/mol. The highest BCUT2D eigenvalue weighted by atomic mass is 79.9. The lowest BCUT2D eigenvalue weighted by Gasteiger charge is -2.23. The van der Waals surface area contributed by atoms with E-state index in [1.165, 1.54) is 12.1 Å². The molecule has 0 aliphatic rings. The van der Waals surface area contributed by atoms with Crippen LogP contribution >= 0.6 is 15.9 Å². The van der Waals surface area contributed by atoms with E-state index in [1.807, 2.05) is 30.3 Å². The van der Waals surface area contributed by atoms with Crippen molar-refractivity contribution in [1.29, 1.82) is 5.26 Å². The SMILES string of the molecule is CC(N)C(Oc1ccc(C#N)cc1F)c1cccc(Br)c1. The Labute approximate surface area is 131 Å². The first-order valence-electron chi connectivity index (χ1n) is 6.38. The van der Waals surface area contributed by atoms with Gasteiger partial charge in [0.05, 0.1) is 11.6 Å². The van der Waals surface area contributed by atoms with Crippen molar-refractivity contribution in [2.45, 2.75) is 19.1 Å².